The van der Waals surface area contributed by atoms with Gasteiger partial charge in [0.15, 0.2) is 0 Å². The standard InChI is InChI=1S/C37H44N8O2/c1-4-44-32-10-6-5-9-27(32)28-21-25(12-14-33(28)44)37-41-31-22-29-30(23-34(31)45(37)19-8-18-43-17-7-11-36(43)47)40-26(24-39-29)13-15-35(46)38-16-20-42(2)3/h5-6,9-10,12,14,21-23,39H,4,7-8,11,13,15-20,24H2,1-3H3,(H,38,46). The van der Waals surface area contributed by atoms with Gasteiger partial charge in [-0.3, -0.25) is 14.6 Å². The van der Waals surface area contributed by atoms with Gasteiger partial charge in [0.2, 0.25) is 11.8 Å². The van der Waals surface area contributed by atoms with Crippen LogP contribution in [0.3, 0.4) is 0 Å². The van der Waals surface area contributed by atoms with Crippen molar-refractivity contribution in [1.29, 1.82) is 0 Å². The molecule has 10 heteroatoms. The number of nitrogens with zero attached hydrogens (tertiary/aromatic N) is 6. The number of aliphatic imine (C=N–C) groups is 1. The molecule has 2 aromatic heterocycles. The third kappa shape index (κ3) is 6.22. The zero-order valence-corrected chi connectivity index (χ0v) is 27.7. The highest BCUT2D eigenvalue weighted by Crippen LogP contribution is 2.37. The Morgan fingerprint density at radius 3 is 2.66 bits per heavy atom. The minimum Gasteiger partial charge on any atom is -0.378 e. The van der Waals surface area contributed by atoms with Crippen molar-refractivity contribution in [2.75, 3.05) is 52.1 Å². The number of aryl methyl sites for hydroxylation is 2. The quantitative estimate of drug-likeness (QED) is 0.181. The summed E-state index contributed by atoms with van der Waals surface area (Å²) in [4.78, 5) is 39.0. The van der Waals surface area contributed by atoms with Gasteiger partial charge in [0.25, 0.3) is 0 Å². The van der Waals surface area contributed by atoms with Crippen LogP contribution in [0.1, 0.15) is 39.0 Å². The molecule has 244 valence electrons. The first-order chi connectivity index (χ1) is 22.9. The third-order valence-corrected chi connectivity index (χ3v) is 9.48. The summed E-state index contributed by atoms with van der Waals surface area (Å²) in [5, 5.41) is 8.99. The van der Waals surface area contributed by atoms with Crippen LogP contribution in [-0.4, -0.2) is 88.3 Å². The maximum atomic E-state index is 12.4. The number of fused-ring (bicyclic) bond motifs is 5. The molecule has 2 aliphatic heterocycles. The first-order valence-corrected chi connectivity index (χ1v) is 16.9. The molecular weight excluding hydrogens is 588 g/mol. The second kappa shape index (κ2) is 13.2. The Morgan fingerprint density at radius 1 is 1.00 bits per heavy atom. The van der Waals surface area contributed by atoms with E-state index in [-0.39, 0.29) is 11.8 Å². The summed E-state index contributed by atoms with van der Waals surface area (Å²) in [5.74, 6) is 1.23. The fourth-order valence-electron chi connectivity index (χ4n) is 7.05. The Balaban J connectivity index is 1.23. The molecule has 0 bridgehead atoms. The fourth-order valence-corrected chi connectivity index (χ4v) is 7.05. The van der Waals surface area contributed by atoms with Gasteiger partial charge in [-0.2, -0.15) is 0 Å². The van der Waals surface area contributed by atoms with E-state index < -0.39 is 0 Å². The van der Waals surface area contributed by atoms with Gasteiger partial charge in [0, 0.05) is 85.2 Å². The molecule has 0 aliphatic carbocycles. The number of carbonyl (C=O) groups is 2. The Labute approximate surface area is 275 Å². The van der Waals surface area contributed by atoms with Crippen LogP contribution < -0.4 is 10.6 Å². The van der Waals surface area contributed by atoms with Crippen molar-refractivity contribution in [1.82, 2.24) is 29.2 Å². The van der Waals surface area contributed by atoms with Crippen molar-refractivity contribution in [3.05, 3.63) is 54.6 Å². The molecule has 2 amide bonds. The van der Waals surface area contributed by atoms with Crippen LogP contribution in [0.4, 0.5) is 11.4 Å². The number of imidazole rings is 1. The van der Waals surface area contributed by atoms with Crippen LogP contribution in [-0.2, 0) is 22.7 Å². The van der Waals surface area contributed by atoms with E-state index in [0.29, 0.717) is 32.4 Å². The van der Waals surface area contributed by atoms with Crippen molar-refractivity contribution >= 4 is 61.7 Å². The van der Waals surface area contributed by atoms with Gasteiger partial charge in [0.1, 0.15) is 5.82 Å². The normalized spacial score (nSPS) is 14.8. The summed E-state index contributed by atoms with van der Waals surface area (Å²) in [5.41, 5.74) is 8.27. The molecule has 0 spiro atoms. The lowest BCUT2D eigenvalue weighted by Crippen LogP contribution is -2.31. The molecule has 1 fully saturated rings. The zero-order chi connectivity index (χ0) is 32.5. The van der Waals surface area contributed by atoms with Crippen molar-refractivity contribution in [2.45, 2.75) is 52.1 Å². The van der Waals surface area contributed by atoms with Crippen LogP contribution in [0.15, 0.2) is 59.6 Å². The Morgan fingerprint density at radius 2 is 1.85 bits per heavy atom. The molecule has 47 heavy (non-hydrogen) atoms. The smallest absolute Gasteiger partial charge is 0.222 e. The van der Waals surface area contributed by atoms with Crippen LogP contribution in [0, 0.1) is 0 Å². The summed E-state index contributed by atoms with van der Waals surface area (Å²) >= 11 is 0. The highest BCUT2D eigenvalue weighted by molar-refractivity contribution is 6.09. The van der Waals surface area contributed by atoms with Crippen molar-refractivity contribution in [2.24, 2.45) is 4.99 Å². The van der Waals surface area contributed by atoms with Gasteiger partial charge in [-0.05, 0) is 76.7 Å². The number of hydrogen-bond acceptors (Lipinski definition) is 6. The van der Waals surface area contributed by atoms with Gasteiger partial charge in [-0.15, -0.1) is 0 Å². The van der Waals surface area contributed by atoms with E-state index >= 15 is 0 Å². The van der Waals surface area contributed by atoms with Crippen LogP contribution >= 0.6 is 0 Å². The number of anilines is 1. The minimum atomic E-state index is 0.0500. The first-order valence-electron chi connectivity index (χ1n) is 16.9. The van der Waals surface area contributed by atoms with E-state index in [1.165, 1.54) is 21.8 Å². The molecule has 10 nitrogen and oxygen atoms in total. The number of rotatable bonds is 12. The number of likely N-dealkylation sites (tertiary alicyclic amines) is 1. The highest BCUT2D eigenvalue weighted by Gasteiger charge is 2.22. The van der Waals surface area contributed by atoms with E-state index in [4.69, 9.17) is 9.98 Å². The SMILES string of the molecule is CCn1c2ccccc2c2cc(-c3nc4cc5c(cc4n3CCCN3CCCC3=O)N=C(CCC(=O)NCCN(C)C)CN5)ccc21. The van der Waals surface area contributed by atoms with Gasteiger partial charge >= 0.3 is 0 Å². The maximum Gasteiger partial charge on any atom is 0.222 e. The number of nitrogens with one attached hydrogen (secondary N) is 2. The lowest BCUT2D eigenvalue weighted by molar-refractivity contribution is -0.127. The van der Waals surface area contributed by atoms with E-state index in [2.05, 4.69) is 86.2 Å². The molecule has 0 unspecified atom stereocenters. The maximum absolute atomic E-state index is 12.4. The Kier molecular flexibility index (Phi) is 8.68. The third-order valence-electron chi connectivity index (χ3n) is 9.48. The average molecular weight is 633 g/mol. The van der Waals surface area contributed by atoms with Gasteiger partial charge in [-0.1, -0.05) is 18.2 Å². The number of amides is 2. The number of hydrogen-bond donors (Lipinski definition) is 2. The lowest BCUT2D eigenvalue weighted by atomic mass is 10.1. The molecule has 0 radical (unpaired) electrons. The predicted octanol–water partition coefficient (Wildman–Crippen LogP) is 5.80. The van der Waals surface area contributed by atoms with E-state index in [9.17, 15) is 9.59 Å². The molecule has 0 atom stereocenters. The number of likely N-dealkylation sites (N-methyl/N-ethyl adjacent to an activating group) is 1. The fraction of sp³-hybridized carbons (Fsp3) is 0.405. The second-order valence-corrected chi connectivity index (χ2v) is 13.0. The van der Waals surface area contributed by atoms with Gasteiger partial charge < -0.3 is 29.6 Å². The number of para-hydroxylation sites is 1. The summed E-state index contributed by atoms with van der Waals surface area (Å²) in [6.45, 7) is 7.49. The van der Waals surface area contributed by atoms with Gasteiger partial charge in [0.05, 0.1) is 29.0 Å². The minimum absolute atomic E-state index is 0.0500. The number of aromatic nitrogens is 3. The van der Waals surface area contributed by atoms with Gasteiger partial charge in [-0.25, -0.2) is 4.98 Å². The summed E-state index contributed by atoms with van der Waals surface area (Å²) < 4.78 is 4.67. The van der Waals surface area contributed by atoms with Crippen molar-refractivity contribution in [3.8, 4) is 11.4 Å². The second-order valence-electron chi connectivity index (χ2n) is 13.0. The molecule has 2 aliphatic rings. The summed E-state index contributed by atoms with van der Waals surface area (Å²) in [6.07, 6.45) is 3.47. The highest BCUT2D eigenvalue weighted by atomic mass is 16.2. The topological polar surface area (TPSA) is 99.8 Å². The number of carbonyl (C=O) groups excluding carboxylic acids is 2. The predicted molar refractivity (Wildman–Crippen MR) is 191 cm³/mol. The molecular formula is C37H44N8O2. The molecule has 0 saturated carbocycles. The molecule has 3 aromatic carbocycles. The zero-order valence-electron chi connectivity index (χ0n) is 27.7. The van der Waals surface area contributed by atoms with Crippen molar-refractivity contribution in [3.63, 3.8) is 0 Å². The van der Waals surface area contributed by atoms with E-state index in [0.717, 1.165) is 85.1 Å². The summed E-state index contributed by atoms with van der Waals surface area (Å²) in [7, 11) is 3.99. The largest absolute Gasteiger partial charge is 0.378 e. The van der Waals surface area contributed by atoms with Crippen LogP contribution in [0.5, 0.6) is 0 Å². The van der Waals surface area contributed by atoms with E-state index in [1.807, 2.05) is 19.0 Å². The monoisotopic (exact) mass is 632 g/mol. The molecule has 2 N–H and O–H groups in total. The summed E-state index contributed by atoms with van der Waals surface area (Å²) in [6, 6.07) is 19.5. The average Bonchev–Trinajstić information content (AvgIpc) is 3.75. The van der Waals surface area contributed by atoms with Crippen molar-refractivity contribution < 1.29 is 9.59 Å². The first kappa shape index (κ1) is 30.9. The molecule has 5 aromatic rings. The Bertz CT molecular complexity index is 2000. The molecule has 1 saturated heterocycles. The van der Waals surface area contributed by atoms with E-state index in [1.54, 1.807) is 0 Å². The van der Waals surface area contributed by atoms with Crippen LogP contribution in [0.25, 0.3) is 44.2 Å². The van der Waals surface area contributed by atoms with Crippen LogP contribution in [0.2, 0.25) is 0 Å². The molecule has 4 heterocycles. The Hall–Kier alpha value is -4.70. The molecule has 7 rings (SSSR count). The number of benzene rings is 3. The lowest BCUT2D eigenvalue weighted by Gasteiger charge is -2.19.